The van der Waals surface area contributed by atoms with Gasteiger partial charge in [-0.2, -0.15) is 0 Å². The highest BCUT2D eigenvalue weighted by Crippen LogP contribution is 2.25. The summed E-state index contributed by atoms with van der Waals surface area (Å²) >= 11 is 2.13. The fraction of sp³-hybridized carbons (Fsp3) is 0.214. The van der Waals surface area contributed by atoms with Crippen molar-refractivity contribution in [2.24, 2.45) is 0 Å². The van der Waals surface area contributed by atoms with Crippen LogP contribution < -0.4 is 4.72 Å². The van der Waals surface area contributed by atoms with E-state index in [1.54, 1.807) is 24.4 Å². The van der Waals surface area contributed by atoms with Gasteiger partial charge in [0.05, 0.1) is 4.90 Å². The second kappa shape index (κ2) is 5.33. The second-order valence-corrected chi connectivity index (χ2v) is 7.68. The number of nitrogens with zero attached hydrogens (tertiary/aromatic N) is 1. The number of nitrogens with one attached hydrogen (secondary N) is 1. The van der Waals surface area contributed by atoms with Gasteiger partial charge in [0.1, 0.15) is 5.82 Å². The molecule has 0 bridgehead atoms. The van der Waals surface area contributed by atoms with Crippen molar-refractivity contribution in [3.63, 3.8) is 0 Å². The Hall–Kier alpha value is -1.15. The van der Waals surface area contributed by atoms with Gasteiger partial charge in [0.2, 0.25) is 0 Å². The lowest BCUT2D eigenvalue weighted by Crippen LogP contribution is -2.14. The summed E-state index contributed by atoms with van der Waals surface area (Å²) in [5.74, 6) is 0.339. The topological polar surface area (TPSA) is 59.1 Å². The van der Waals surface area contributed by atoms with E-state index in [2.05, 4.69) is 32.3 Å². The zero-order chi connectivity index (χ0) is 14.2. The van der Waals surface area contributed by atoms with E-state index in [9.17, 15) is 8.42 Å². The number of halogens is 1. The van der Waals surface area contributed by atoms with Gasteiger partial charge in [0.15, 0.2) is 0 Å². The number of hydrogen-bond donors (Lipinski definition) is 1. The quantitative estimate of drug-likeness (QED) is 0.807. The van der Waals surface area contributed by atoms with E-state index in [-0.39, 0.29) is 0 Å². The predicted molar refractivity (Wildman–Crippen MR) is 86.2 cm³/mol. The molecular weight excluding hydrogens is 387 g/mol. The van der Waals surface area contributed by atoms with Crippen LogP contribution in [0.3, 0.4) is 0 Å². The molecule has 1 aliphatic carbocycles. The third kappa shape index (κ3) is 2.80. The molecule has 20 heavy (non-hydrogen) atoms. The van der Waals surface area contributed by atoms with Crippen LogP contribution >= 0.6 is 22.6 Å². The molecule has 0 fully saturated rings. The number of hydrogen-bond acceptors (Lipinski definition) is 3. The minimum atomic E-state index is -3.56. The Labute approximate surface area is 131 Å². The van der Waals surface area contributed by atoms with Crippen LogP contribution in [0.25, 0.3) is 0 Å². The minimum Gasteiger partial charge on any atom is -0.263 e. The number of aromatic nitrogens is 1. The molecule has 0 saturated carbocycles. The lowest BCUT2D eigenvalue weighted by atomic mass is 10.1. The molecule has 1 aromatic heterocycles. The number of sulfonamides is 1. The van der Waals surface area contributed by atoms with Crippen LogP contribution in [0.2, 0.25) is 0 Å². The molecule has 0 spiro atoms. The van der Waals surface area contributed by atoms with E-state index in [0.29, 0.717) is 10.7 Å². The van der Waals surface area contributed by atoms with Crippen molar-refractivity contribution >= 4 is 38.4 Å². The van der Waals surface area contributed by atoms with E-state index < -0.39 is 10.0 Å². The molecule has 1 aromatic carbocycles. The molecule has 4 nitrogen and oxygen atoms in total. The zero-order valence-corrected chi connectivity index (χ0v) is 13.6. The fourth-order valence-corrected chi connectivity index (χ4v) is 3.73. The van der Waals surface area contributed by atoms with E-state index in [4.69, 9.17) is 0 Å². The van der Waals surface area contributed by atoms with E-state index in [1.807, 2.05) is 12.1 Å². The largest absolute Gasteiger partial charge is 0.263 e. The Bertz CT molecular complexity index is 742. The molecule has 0 amide bonds. The Kier molecular flexibility index (Phi) is 3.68. The van der Waals surface area contributed by atoms with Crippen molar-refractivity contribution in [2.75, 3.05) is 4.72 Å². The number of aryl methyl sites for hydroxylation is 2. The molecular formula is C14H13IN2O2S. The van der Waals surface area contributed by atoms with Crippen molar-refractivity contribution in [2.45, 2.75) is 24.2 Å². The van der Waals surface area contributed by atoms with Gasteiger partial charge in [-0.1, -0.05) is 6.07 Å². The molecule has 6 heteroatoms. The number of anilines is 1. The maximum Gasteiger partial charge on any atom is 0.263 e. The normalized spacial score (nSPS) is 14.1. The van der Waals surface area contributed by atoms with Gasteiger partial charge in [-0.25, -0.2) is 13.4 Å². The standard InChI is InChI=1S/C14H13IN2O2S/c15-12-5-7-14(16-9-12)17-20(18,19)13-6-4-10-2-1-3-11(10)8-13/h4-9H,1-3H2,(H,16,17). The highest BCUT2D eigenvalue weighted by Gasteiger charge is 2.18. The van der Waals surface area contributed by atoms with Crippen molar-refractivity contribution < 1.29 is 8.42 Å². The fourth-order valence-electron chi connectivity index (χ4n) is 2.35. The summed E-state index contributed by atoms with van der Waals surface area (Å²) in [6.45, 7) is 0. The Morgan fingerprint density at radius 2 is 1.90 bits per heavy atom. The second-order valence-electron chi connectivity index (χ2n) is 4.75. The molecule has 0 unspecified atom stereocenters. The average Bonchev–Trinajstić information content (AvgIpc) is 2.88. The van der Waals surface area contributed by atoms with Crippen LogP contribution in [-0.2, 0) is 22.9 Å². The zero-order valence-electron chi connectivity index (χ0n) is 10.6. The van der Waals surface area contributed by atoms with Gasteiger partial charge in [0, 0.05) is 9.77 Å². The van der Waals surface area contributed by atoms with Crippen LogP contribution in [0.5, 0.6) is 0 Å². The molecule has 0 radical (unpaired) electrons. The van der Waals surface area contributed by atoms with Crippen LogP contribution in [0.15, 0.2) is 41.4 Å². The highest BCUT2D eigenvalue weighted by molar-refractivity contribution is 14.1. The molecule has 0 aliphatic heterocycles. The summed E-state index contributed by atoms with van der Waals surface area (Å²) in [5, 5.41) is 0. The van der Waals surface area contributed by atoms with Crippen molar-refractivity contribution in [1.82, 2.24) is 4.98 Å². The van der Waals surface area contributed by atoms with E-state index in [1.165, 1.54) is 5.56 Å². The lowest BCUT2D eigenvalue weighted by molar-refractivity contribution is 0.601. The first-order valence-electron chi connectivity index (χ1n) is 6.31. The van der Waals surface area contributed by atoms with Crippen molar-refractivity contribution in [1.29, 1.82) is 0 Å². The number of fused-ring (bicyclic) bond motifs is 1. The molecule has 3 rings (SSSR count). The Balaban J connectivity index is 1.90. The van der Waals surface area contributed by atoms with Crippen LogP contribution in [0.1, 0.15) is 17.5 Å². The lowest BCUT2D eigenvalue weighted by Gasteiger charge is -2.09. The monoisotopic (exact) mass is 400 g/mol. The minimum absolute atomic E-state index is 0.304. The van der Waals surface area contributed by atoms with Crippen LogP contribution in [-0.4, -0.2) is 13.4 Å². The van der Waals surface area contributed by atoms with E-state index in [0.717, 1.165) is 28.4 Å². The molecule has 0 saturated heterocycles. The Morgan fingerprint density at radius 1 is 1.10 bits per heavy atom. The summed E-state index contributed by atoms with van der Waals surface area (Å²) in [6, 6.07) is 8.83. The van der Waals surface area contributed by atoms with Gasteiger partial charge >= 0.3 is 0 Å². The number of rotatable bonds is 3. The third-order valence-electron chi connectivity index (χ3n) is 3.35. The SMILES string of the molecule is O=S(=O)(Nc1ccc(I)cn1)c1ccc2c(c1)CCC2. The third-order valence-corrected chi connectivity index (χ3v) is 5.34. The molecule has 1 aliphatic rings. The first kappa shape index (κ1) is 13.8. The van der Waals surface area contributed by atoms with Crippen molar-refractivity contribution in [3.8, 4) is 0 Å². The van der Waals surface area contributed by atoms with Gasteiger partial charge < -0.3 is 0 Å². The van der Waals surface area contributed by atoms with Gasteiger partial charge in [0.25, 0.3) is 10.0 Å². The summed E-state index contributed by atoms with van der Waals surface area (Å²) in [6.07, 6.45) is 4.73. The van der Waals surface area contributed by atoms with Gasteiger partial charge in [-0.15, -0.1) is 0 Å². The maximum atomic E-state index is 12.3. The smallest absolute Gasteiger partial charge is 0.263 e. The summed E-state index contributed by atoms with van der Waals surface area (Å²) in [5.41, 5.74) is 2.40. The van der Waals surface area contributed by atoms with Crippen LogP contribution in [0.4, 0.5) is 5.82 Å². The molecule has 1 heterocycles. The summed E-state index contributed by atoms with van der Waals surface area (Å²) in [7, 11) is -3.56. The average molecular weight is 400 g/mol. The molecule has 104 valence electrons. The predicted octanol–water partition coefficient (Wildman–Crippen LogP) is 2.98. The number of pyridine rings is 1. The van der Waals surface area contributed by atoms with Crippen molar-refractivity contribution in [3.05, 3.63) is 51.2 Å². The molecule has 2 aromatic rings. The maximum absolute atomic E-state index is 12.3. The van der Waals surface area contributed by atoms with Gasteiger partial charge in [-0.3, -0.25) is 4.72 Å². The van der Waals surface area contributed by atoms with Gasteiger partial charge in [-0.05, 0) is 77.2 Å². The first-order valence-corrected chi connectivity index (χ1v) is 8.87. The molecule has 1 N–H and O–H groups in total. The van der Waals surface area contributed by atoms with E-state index >= 15 is 0 Å². The van der Waals surface area contributed by atoms with Crippen LogP contribution in [0, 0.1) is 3.57 Å². The number of benzene rings is 1. The summed E-state index contributed by atoms with van der Waals surface area (Å²) < 4.78 is 28.1. The molecule has 0 atom stereocenters. The Morgan fingerprint density at radius 3 is 2.65 bits per heavy atom. The highest BCUT2D eigenvalue weighted by atomic mass is 127. The first-order chi connectivity index (χ1) is 9.54. The summed E-state index contributed by atoms with van der Waals surface area (Å²) in [4.78, 5) is 4.37.